The van der Waals surface area contributed by atoms with Crippen molar-refractivity contribution in [3.05, 3.63) is 82.3 Å². The van der Waals surface area contributed by atoms with Crippen LogP contribution in [0.2, 0.25) is 5.02 Å². The van der Waals surface area contributed by atoms with E-state index < -0.39 is 33.7 Å². The first kappa shape index (κ1) is 26.4. The van der Waals surface area contributed by atoms with Gasteiger partial charge in [0, 0.05) is 22.7 Å². The van der Waals surface area contributed by atoms with Crippen LogP contribution in [0.15, 0.2) is 53.5 Å². The molecule has 10 nitrogen and oxygen atoms in total. The molecule has 0 spiro atoms. The van der Waals surface area contributed by atoms with Crippen molar-refractivity contribution in [1.82, 2.24) is 9.97 Å². The predicted molar refractivity (Wildman–Crippen MR) is 129 cm³/mol. The number of rotatable bonds is 9. The molecular weight excluding hydrogens is 510 g/mol. The molecule has 36 heavy (non-hydrogen) atoms. The van der Waals surface area contributed by atoms with Gasteiger partial charge in [0.15, 0.2) is 5.76 Å². The minimum Gasteiger partial charge on any atom is -0.460 e. The molecule has 1 aromatic carbocycles. The van der Waals surface area contributed by atoms with Gasteiger partial charge in [-0.2, -0.15) is 8.42 Å². The largest absolute Gasteiger partial charge is 0.460 e. The van der Waals surface area contributed by atoms with Gasteiger partial charge in [-0.3, -0.25) is 8.98 Å². The molecule has 4 N–H and O–H groups in total. The predicted octanol–water partition coefficient (Wildman–Crippen LogP) is 2.36. The number of halogens is 1. The van der Waals surface area contributed by atoms with Crippen molar-refractivity contribution in [3.63, 3.8) is 0 Å². The van der Waals surface area contributed by atoms with Crippen LogP contribution in [0.4, 0.5) is 0 Å². The first-order valence-electron chi connectivity index (χ1n) is 11.2. The van der Waals surface area contributed by atoms with Gasteiger partial charge in [-0.25, -0.2) is 15.1 Å². The molecule has 192 valence electrons. The maximum atomic E-state index is 13.3. The van der Waals surface area contributed by atoms with Gasteiger partial charge in [0.2, 0.25) is 5.78 Å². The first-order chi connectivity index (χ1) is 16.9. The monoisotopic (exact) mass is 535 g/mol. The number of benzene rings is 1. The van der Waals surface area contributed by atoms with Crippen molar-refractivity contribution in [1.29, 1.82) is 0 Å². The maximum absolute atomic E-state index is 13.3. The molecule has 1 unspecified atom stereocenters. The van der Waals surface area contributed by atoms with Crippen LogP contribution in [0.1, 0.15) is 52.7 Å². The molecule has 0 bridgehead atoms. The standard InChI is InChI=1S/C24H26ClN3O7S/c1-24(31,16-3-2-4-18(25)8-16)17-9-22(34-12-17)23(30)19-10-27-13-28-20(19)6-14-5-15(21(29)7-14)11-35-36(26,32)33/h2-4,8-10,12-15,21,29,31H,5-7,11H2,1H3,(H2,26,32,33)/t14-,15+,21-,24?/m0/s1. The zero-order valence-corrected chi connectivity index (χ0v) is 20.9. The molecule has 0 amide bonds. The molecular formula is C24H26ClN3O7S. The molecule has 2 heterocycles. The van der Waals surface area contributed by atoms with E-state index in [-0.39, 0.29) is 23.8 Å². The number of hydrogen-bond donors (Lipinski definition) is 3. The molecule has 0 radical (unpaired) electrons. The Kier molecular flexibility index (Phi) is 7.60. The lowest BCUT2D eigenvalue weighted by Crippen LogP contribution is -2.24. The lowest BCUT2D eigenvalue weighted by Gasteiger charge is -2.22. The summed E-state index contributed by atoms with van der Waals surface area (Å²) in [6.07, 6.45) is 4.51. The fraction of sp³-hybridized carbons (Fsp3) is 0.375. The fourth-order valence-corrected chi connectivity index (χ4v) is 5.08. The Balaban J connectivity index is 1.50. The number of ketones is 1. The maximum Gasteiger partial charge on any atom is 0.333 e. The van der Waals surface area contributed by atoms with Gasteiger partial charge < -0.3 is 14.6 Å². The fourth-order valence-electron chi connectivity index (χ4n) is 4.53. The zero-order chi connectivity index (χ0) is 26.1. The Morgan fingerprint density at radius 2 is 2.08 bits per heavy atom. The van der Waals surface area contributed by atoms with Crippen LogP contribution < -0.4 is 5.14 Å². The average Bonchev–Trinajstić information content (AvgIpc) is 3.44. The Morgan fingerprint density at radius 3 is 2.81 bits per heavy atom. The van der Waals surface area contributed by atoms with Crippen LogP contribution in [0, 0.1) is 11.8 Å². The second-order valence-corrected chi connectivity index (χ2v) is 10.8. The van der Waals surface area contributed by atoms with Crippen molar-refractivity contribution in [3.8, 4) is 0 Å². The lowest BCUT2D eigenvalue weighted by molar-refractivity contribution is 0.100. The molecule has 3 aromatic rings. The molecule has 0 saturated heterocycles. The molecule has 4 atom stereocenters. The van der Waals surface area contributed by atoms with Gasteiger partial charge >= 0.3 is 10.3 Å². The van der Waals surface area contributed by atoms with Crippen LogP contribution >= 0.6 is 11.6 Å². The number of nitrogens with zero attached hydrogens (tertiary/aromatic N) is 2. The topological polar surface area (TPSA) is 166 Å². The average molecular weight is 536 g/mol. The van der Waals surface area contributed by atoms with Gasteiger partial charge in [0.1, 0.15) is 11.9 Å². The highest BCUT2D eigenvalue weighted by molar-refractivity contribution is 7.84. The highest BCUT2D eigenvalue weighted by Crippen LogP contribution is 2.35. The number of aliphatic hydroxyl groups excluding tert-OH is 1. The summed E-state index contributed by atoms with van der Waals surface area (Å²) < 4.78 is 32.3. The quantitative estimate of drug-likeness (QED) is 0.348. The highest BCUT2D eigenvalue weighted by atomic mass is 35.5. The van der Waals surface area contributed by atoms with Crippen molar-refractivity contribution in [2.24, 2.45) is 17.0 Å². The third-order valence-electron chi connectivity index (χ3n) is 6.49. The molecule has 0 aliphatic heterocycles. The molecule has 1 saturated carbocycles. The minimum absolute atomic E-state index is 0.00855. The Morgan fingerprint density at radius 1 is 1.31 bits per heavy atom. The number of aromatic nitrogens is 2. The van der Waals surface area contributed by atoms with Crippen LogP contribution in [0.5, 0.6) is 0 Å². The molecule has 1 aliphatic rings. The van der Waals surface area contributed by atoms with Crippen molar-refractivity contribution >= 4 is 27.7 Å². The summed E-state index contributed by atoms with van der Waals surface area (Å²) >= 11 is 6.06. The van der Waals surface area contributed by atoms with Gasteiger partial charge in [0.25, 0.3) is 0 Å². The summed E-state index contributed by atoms with van der Waals surface area (Å²) in [4.78, 5) is 21.5. The summed E-state index contributed by atoms with van der Waals surface area (Å²) in [5, 5.41) is 26.8. The molecule has 4 rings (SSSR count). The second-order valence-electron chi connectivity index (χ2n) is 9.14. The Labute approximate surface area is 213 Å². The van der Waals surface area contributed by atoms with Gasteiger partial charge in [-0.1, -0.05) is 23.7 Å². The normalized spacial score (nSPS) is 21.9. The van der Waals surface area contributed by atoms with E-state index in [4.69, 9.17) is 21.2 Å². The smallest absolute Gasteiger partial charge is 0.333 e. The van der Waals surface area contributed by atoms with E-state index in [9.17, 15) is 23.4 Å². The number of aliphatic hydroxyl groups is 2. The summed E-state index contributed by atoms with van der Waals surface area (Å²) in [5.41, 5.74) is 0.179. The molecule has 1 fully saturated rings. The van der Waals surface area contributed by atoms with Crippen LogP contribution in [0.25, 0.3) is 0 Å². The SMILES string of the molecule is CC(O)(c1cccc(Cl)c1)c1coc(C(=O)c2cncnc2C[C@@H]2C[C@H](COS(N)(=O)=O)[C@@H](O)C2)c1. The van der Waals surface area contributed by atoms with Crippen LogP contribution in [0.3, 0.4) is 0 Å². The summed E-state index contributed by atoms with van der Waals surface area (Å²) in [6.45, 7) is 1.37. The van der Waals surface area contributed by atoms with Crippen molar-refractivity contribution in [2.75, 3.05) is 6.61 Å². The zero-order valence-electron chi connectivity index (χ0n) is 19.4. The lowest BCUT2D eigenvalue weighted by atomic mass is 9.89. The van der Waals surface area contributed by atoms with E-state index >= 15 is 0 Å². The number of furan rings is 1. The Hall–Kier alpha value is -2.67. The summed E-state index contributed by atoms with van der Waals surface area (Å²) in [6, 6.07) is 8.25. The first-order valence-corrected chi connectivity index (χ1v) is 13.0. The third-order valence-corrected chi connectivity index (χ3v) is 7.19. The number of nitrogens with two attached hydrogens (primary N) is 1. The van der Waals surface area contributed by atoms with Gasteiger partial charge in [-0.05, 0) is 55.9 Å². The van der Waals surface area contributed by atoms with E-state index in [2.05, 4.69) is 14.2 Å². The number of carbonyl (C=O) groups is 1. The highest BCUT2D eigenvalue weighted by Gasteiger charge is 2.35. The van der Waals surface area contributed by atoms with Gasteiger partial charge in [-0.15, -0.1) is 0 Å². The third kappa shape index (κ3) is 6.00. The summed E-state index contributed by atoms with van der Waals surface area (Å²) in [7, 11) is -4.10. The van der Waals surface area contributed by atoms with E-state index in [1.807, 2.05) is 0 Å². The number of carbonyl (C=O) groups excluding carboxylic acids is 1. The Bertz CT molecular complexity index is 1360. The van der Waals surface area contributed by atoms with Crippen LogP contribution in [-0.2, 0) is 26.5 Å². The molecule has 2 aromatic heterocycles. The number of hydrogen-bond acceptors (Lipinski definition) is 9. The van der Waals surface area contributed by atoms with Crippen molar-refractivity contribution in [2.45, 2.75) is 37.9 Å². The van der Waals surface area contributed by atoms with Crippen LogP contribution in [-0.4, -0.2) is 47.1 Å². The van der Waals surface area contributed by atoms with Crippen molar-refractivity contribution < 1.29 is 32.0 Å². The van der Waals surface area contributed by atoms with E-state index in [0.717, 1.165) is 0 Å². The van der Waals surface area contributed by atoms with E-state index in [0.29, 0.717) is 41.1 Å². The summed E-state index contributed by atoms with van der Waals surface area (Å²) in [5.74, 6) is -0.914. The molecule has 12 heteroatoms. The van der Waals surface area contributed by atoms with E-state index in [1.165, 1.54) is 24.9 Å². The second kappa shape index (κ2) is 10.4. The molecule has 1 aliphatic carbocycles. The van der Waals surface area contributed by atoms with E-state index in [1.54, 1.807) is 31.2 Å². The minimum atomic E-state index is -4.10. The van der Waals surface area contributed by atoms with Gasteiger partial charge in [0.05, 0.1) is 30.2 Å².